The Kier molecular flexibility index (Phi) is 6.91. The topological polar surface area (TPSA) is 85.9 Å². The first-order valence-corrected chi connectivity index (χ1v) is 14.2. The van der Waals surface area contributed by atoms with Gasteiger partial charge in [-0.3, -0.25) is 14.4 Å². The molecule has 1 N–H and O–H groups in total. The molecule has 0 spiro atoms. The summed E-state index contributed by atoms with van der Waals surface area (Å²) in [6.07, 6.45) is 2.27. The molecular formula is C23H23Cl2N5O3S2. The summed E-state index contributed by atoms with van der Waals surface area (Å²) in [6, 6.07) is 11.8. The van der Waals surface area contributed by atoms with Crippen molar-refractivity contribution >= 4 is 67.0 Å². The largest absolute Gasteiger partial charge is 0.369 e. The van der Waals surface area contributed by atoms with Crippen LogP contribution in [0.25, 0.3) is 0 Å². The van der Waals surface area contributed by atoms with Crippen molar-refractivity contribution in [2.45, 2.75) is 17.4 Å². The highest BCUT2D eigenvalue weighted by Crippen LogP contribution is 2.30. The number of benzene rings is 2. The summed E-state index contributed by atoms with van der Waals surface area (Å²) < 4.78 is 27.6. The van der Waals surface area contributed by atoms with Crippen LogP contribution in [0.2, 0.25) is 10.0 Å². The maximum Gasteiger partial charge on any atom is 0.263 e. The van der Waals surface area contributed by atoms with Crippen LogP contribution in [0.1, 0.15) is 6.42 Å². The Morgan fingerprint density at radius 3 is 2.31 bits per heavy atom. The summed E-state index contributed by atoms with van der Waals surface area (Å²) >= 11 is 13.4. The summed E-state index contributed by atoms with van der Waals surface area (Å²) in [5.74, 6) is 0.0458. The lowest BCUT2D eigenvalue weighted by Crippen LogP contribution is -2.52. The molecule has 12 heteroatoms. The lowest BCUT2D eigenvalue weighted by Gasteiger charge is -2.38. The van der Waals surface area contributed by atoms with Gasteiger partial charge in [0.15, 0.2) is 5.13 Å². The van der Waals surface area contributed by atoms with E-state index in [1.165, 1.54) is 29.7 Å². The average Bonchev–Trinajstić information content (AvgIpc) is 3.50. The van der Waals surface area contributed by atoms with Crippen molar-refractivity contribution < 1.29 is 13.2 Å². The smallest absolute Gasteiger partial charge is 0.263 e. The second-order valence-electron chi connectivity index (χ2n) is 8.35. The fourth-order valence-electron chi connectivity index (χ4n) is 4.49. The molecule has 2 aliphatic heterocycles. The highest BCUT2D eigenvalue weighted by Gasteiger charge is 2.38. The van der Waals surface area contributed by atoms with E-state index in [2.05, 4.69) is 19.5 Å². The third kappa shape index (κ3) is 5.12. The number of sulfonamides is 1. The summed E-state index contributed by atoms with van der Waals surface area (Å²) in [6.45, 7) is 3.72. The standard InChI is InChI=1S/C23H23Cl2N5O3S2/c24-19-6-3-17(15-20(19)25)28-10-12-29(13-11-28)21-7-9-30(22(21)31)16-1-4-18(5-2-16)35(32,33)27-23-26-8-14-34-23/h1-6,8,14-15,21H,7,9-13H2,(H,26,27)/t21-/m0/s1. The Balaban J connectivity index is 1.21. The van der Waals surface area contributed by atoms with Gasteiger partial charge in [0.1, 0.15) is 0 Å². The molecule has 0 unspecified atom stereocenters. The van der Waals surface area contributed by atoms with Crippen molar-refractivity contribution in [3.63, 3.8) is 0 Å². The number of halogens is 2. The van der Waals surface area contributed by atoms with Gasteiger partial charge in [-0.2, -0.15) is 0 Å². The lowest BCUT2D eigenvalue weighted by atomic mass is 10.1. The molecule has 0 aliphatic carbocycles. The van der Waals surface area contributed by atoms with E-state index in [-0.39, 0.29) is 16.8 Å². The first-order valence-electron chi connectivity index (χ1n) is 11.1. The van der Waals surface area contributed by atoms with E-state index in [0.717, 1.165) is 38.3 Å². The average molecular weight is 553 g/mol. The first kappa shape index (κ1) is 24.3. The van der Waals surface area contributed by atoms with Crippen LogP contribution in [0, 0.1) is 0 Å². The number of nitrogens with one attached hydrogen (secondary N) is 1. The molecule has 3 aromatic rings. The van der Waals surface area contributed by atoms with Gasteiger partial charge in [-0.1, -0.05) is 23.2 Å². The van der Waals surface area contributed by atoms with E-state index in [1.54, 1.807) is 28.5 Å². The van der Waals surface area contributed by atoms with Crippen LogP contribution >= 0.6 is 34.5 Å². The monoisotopic (exact) mass is 551 g/mol. The number of anilines is 3. The van der Waals surface area contributed by atoms with Gasteiger partial charge < -0.3 is 9.80 Å². The molecule has 1 aromatic heterocycles. The SMILES string of the molecule is O=C1[C@@H](N2CCN(c3ccc(Cl)c(Cl)c3)CC2)CCN1c1ccc(S(=O)(=O)Nc2nccs2)cc1. The molecule has 35 heavy (non-hydrogen) atoms. The van der Waals surface area contributed by atoms with Crippen molar-refractivity contribution in [1.29, 1.82) is 0 Å². The molecule has 0 bridgehead atoms. The number of hydrogen-bond acceptors (Lipinski definition) is 7. The molecule has 2 fully saturated rings. The molecule has 0 saturated carbocycles. The molecule has 3 heterocycles. The zero-order chi connectivity index (χ0) is 24.6. The number of nitrogens with zero attached hydrogens (tertiary/aromatic N) is 4. The van der Waals surface area contributed by atoms with E-state index >= 15 is 0 Å². The van der Waals surface area contributed by atoms with Gasteiger partial charge in [-0.25, -0.2) is 13.4 Å². The maximum atomic E-state index is 13.2. The number of piperazine rings is 1. The normalized spacial score (nSPS) is 19.4. The summed E-state index contributed by atoms with van der Waals surface area (Å²) in [7, 11) is -3.73. The molecule has 184 valence electrons. The van der Waals surface area contributed by atoms with Crippen molar-refractivity contribution in [3.8, 4) is 0 Å². The molecule has 8 nitrogen and oxygen atoms in total. The number of carbonyl (C=O) groups is 1. The molecule has 1 amide bonds. The van der Waals surface area contributed by atoms with Gasteiger partial charge >= 0.3 is 0 Å². The van der Waals surface area contributed by atoms with E-state index < -0.39 is 10.0 Å². The zero-order valence-corrected chi connectivity index (χ0v) is 21.7. The van der Waals surface area contributed by atoms with Crippen LogP contribution in [-0.2, 0) is 14.8 Å². The minimum Gasteiger partial charge on any atom is -0.369 e. The molecular weight excluding hydrogens is 529 g/mol. The number of amides is 1. The van der Waals surface area contributed by atoms with Gasteiger partial charge in [0.2, 0.25) is 5.91 Å². The van der Waals surface area contributed by atoms with Crippen molar-refractivity contribution in [2.75, 3.05) is 47.2 Å². The van der Waals surface area contributed by atoms with Crippen molar-refractivity contribution in [3.05, 3.63) is 64.1 Å². The Morgan fingerprint density at radius 2 is 1.66 bits per heavy atom. The summed E-state index contributed by atoms with van der Waals surface area (Å²) in [4.78, 5) is 23.5. The predicted molar refractivity (Wildman–Crippen MR) is 140 cm³/mol. The highest BCUT2D eigenvalue weighted by atomic mass is 35.5. The Morgan fingerprint density at radius 1 is 0.943 bits per heavy atom. The Bertz CT molecular complexity index is 1310. The number of aromatic nitrogens is 1. The van der Waals surface area contributed by atoms with E-state index in [0.29, 0.717) is 27.4 Å². The van der Waals surface area contributed by atoms with Crippen molar-refractivity contribution in [2.24, 2.45) is 0 Å². The minimum absolute atomic E-state index is 0.0458. The highest BCUT2D eigenvalue weighted by molar-refractivity contribution is 7.93. The van der Waals surface area contributed by atoms with Crippen LogP contribution < -0.4 is 14.5 Å². The zero-order valence-electron chi connectivity index (χ0n) is 18.6. The number of hydrogen-bond donors (Lipinski definition) is 1. The quantitative estimate of drug-likeness (QED) is 0.494. The van der Waals surface area contributed by atoms with Crippen LogP contribution in [0.5, 0.6) is 0 Å². The van der Waals surface area contributed by atoms with Crippen LogP contribution in [0.3, 0.4) is 0 Å². The Labute approximate surface area is 218 Å². The third-order valence-corrected chi connectivity index (χ3v) is 9.22. The fourth-order valence-corrected chi connectivity index (χ4v) is 6.57. The van der Waals surface area contributed by atoms with E-state index in [4.69, 9.17) is 23.2 Å². The predicted octanol–water partition coefficient (Wildman–Crippen LogP) is 4.18. The third-order valence-electron chi connectivity index (χ3n) is 6.31. The second-order valence-corrected chi connectivity index (χ2v) is 11.7. The van der Waals surface area contributed by atoms with Crippen LogP contribution in [0.15, 0.2) is 58.9 Å². The van der Waals surface area contributed by atoms with Crippen LogP contribution in [-0.4, -0.2) is 63.0 Å². The van der Waals surface area contributed by atoms with Gasteiger partial charge in [0.05, 0.1) is 21.0 Å². The van der Waals surface area contributed by atoms with Gasteiger partial charge in [-0.15, -0.1) is 11.3 Å². The number of rotatable bonds is 6. The second kappa shape index (κ2) is 9.94. The number of carbonyl (C=O) groups excluding carboxylic acids is 1. The van der Waals surface area contributed by atoms with Gasteiger partial charge in [0.25, 0.3) is 10.0 Å². The molecule has 5 rings (SSSR count). The van der Waals surface area contributed by atoms with Crippen molar-refractivity contribution in [1.82, 2.24) is 9.88 Å². The maximum absolute atomic E-state index is 13.2. The molecule has 2 aromatic carbocycles. The lowest BCUT2D eigenvalue weighted by molar-refractivity contribution is -0.121. The minimum atomic E-state index is -3.73. The van der Waals surface area contributed by atoms with Gasteiger partial charge in [0, 0.05) is 55.7 Å². The summed E-state index contributed by atoms with van der Waals surface area (Å²) in [5, 5.41) is 3.08. The first-order chi connectivity index (χ1) is 16.8. The Hall–Kier alpha value is -2.37. The number of thiazole rings is 1. The molecule has 2 saturated heterocycles. The molecule has 2 aliphatic rings. The molecule has 0 radical (unpaired) electrons. The summed E-state index contributed by atoms with van der Waals surface area (Å²) in [5.41, 5.74) is 1.72. The van der Waals surface area contributed by atoms with E-state index in [1.807, 2.05) is 12.1 Å². The van der Waals surface area contributed by atoms with E-state index in [9.17, 15) is 13.2 Å². The fraction of sp³-hybridized carbons (Fsp3) is 0.304. The van der Waals surface area contributed by atoms with Gasteiger partial charge in [-0.05, 0) is 48.9 Å². The van der Waals surface area contributed by atoms with Crippen LogP contribution in [0.4, 0.5) is 16.5 Å². The molecule has 1 atom stereocenters.